The van der Waals surface area contributed by atoms with Crippen LogP contribution >= 0.6 is 0 Å². The second kappa shape index (κ2) is 4.61. The highest BCUT2D eigenvalue weighted by Crippen LogP contribution is 2.28. The van der Waals surface area contributed by atoms with Gasteiger partial charge in [-0.1, -0.05) is 13.3 Å². The minimum Gasteiger partial charge on any atom is -0.397 e. The summed E-state index contributed by atoms with van der Waals surface area (Å²) in [4.78, 5) is 15.5. The van der Waals surface area contributed by atoms with Crippen molar-refractivity contribution in [1.82, 2.24) is 4.98 Å². The lowest BCUT2D eigenvalue weighted by Gasteiger charge is -2.19. The van der Waals surface area contributed by atoms with Crippen LogP contribution < -0.4 is 16.8 Å². The Labute approximate surface area is 101 Å². The van der Waals surface area contributed by atoms with Crippen LogP contribution in [0.5, 0.6) is 0 Å². The molecule has 1 saturated carbocycles. The molecule has 0 radical (unpaired) electrons. The summed E-state index contributed by atoms with van der Waals surface area (Å²) in [6.07, 6.45) is 5.05. The number of primary amides is 1. The van der Waals surface area contributed by atoms with Gasteiger partial charge >= 0.3 is 0 Å². The van der Waals surface area contributed by atoms with Crippen molar-refractivity contribution >= 4 is 17.4 Å². The lowest BCUT2D eigenvalue weighted by Crippen LogP contribution is -2.25. The molecular weight excluding hydrogens is 216 g/mol. The Bertz CT molecular complexity index is 433. The zero-order chi connectivity index (χ0) is 12.4. The summed E-state index contributed by atoms with van der Waals surface area (Å²) in [5.74, 6) is 0.637. The largest absolute Gasteiger partial charge is 0.397 e. The maximum absolute atomic E-state index is 11.3. The second-order valence-electron chi connectivity index (χ2n) is 4.69. The Morgan fingerprint density at radius 2 is 2.29 bits per heavy atom. The number of nitrogens with zero attached hydrogens (tertiary/aromatic N) is 1. The SMILES string of the molecule is CC1CCCC1Nc1ncc(N)cc1C(N)=O. The third kappa shape index (κ3) is 2.49. The van der Waals surface area contributed by atoms with Gasteiger partial charge in [0, 0.05) is 6.04 Å². The molecule has 0 spiro atoms. The fourth-order valence-corrected chi connectivity index (χ4v) is 2.32. The predicted molar refractivity (Wildman–Crippen MR) is 67.6 cm³/mol. The quantitative estimate of drug-likeness (QED) is 0.736. The van der Waals surface area contributed by atoms with Gasteiger partial charge in [-0.3, -0.25) is 4.79 Å². The van der Waals surface area contributed by atoms with Gasteiger partial charge in [-0.2, -0.15) is 0 Å². The number of nitrogens with one attached hydrogen (secondary N) is 1. The number of rotatable bonds is 3. The number of hydrogen-bond donors (Lipinski definition) is 3. The van der Waals surface area contributed by atoms with E-state index in [9.17, 15) is 4.79 Å². The zero-order valence-electron chi connectivity index (χ0n) is 9.94. The number of hydrogen-bond acceptors (Lipinski definition) is 4. The molecule has 1 heterocycles. The van der Waals surface area contributed by atoms with Crippen LogP contribution in [0.3, 0.4) is 0 Å². The van der Waals surface area contributed by atoms with Crippen LogP contribution in [0.4, 0.5) is 11.5 Å². The summed E-state index contributed by atoms with van der Waals surface area (Å²) < 4.78 is 0. The van der Waals surface area contributed by atoms with Gasteiger partial charge < -0.3 is 16.8 Å². The molecule has 0 saturated heterocycles. The summed E-state index contributed by atoms with van der Waals surface area (Å²) in [6, 6.07) is 1.93. The van der Waals surface area contributed by atoms with E-state index in [0.717, 1.165) is 6.42 Å². The first kappa shape index (κ1) is 11.7. The lowest BCUT2D eigenvalue weighted by atomic mass is 10.1. The van der Waals surface area contributed by atoms with Crippen LogP contribution in [0.15, 0.2) is 12.3 Å². The Balaban J connectivity index is 2.22. The maximum atomic E-state index is 11.3. The van der Waals surface area contributed by atoms with Crippen molar-refractivity contribution in [3.8, 4) is 0 Å². The molecule has 1 aromatic heterocycles. The minimum absolute atomic E-state index is 0.365. The molecular formula is C12H18N4O. The molecule has 5 N–H and O–H groups in total. The summed E-state index contributed by atoms with van der Waals surface area (Å²) >= 11 is 0. The van der Waals surface area contributed by atoms with Crippen molar-refractivity contribution in [3.05, 3.63) is 17.8 Å². The number of carbonyl (C=O) groups is 1. The molecule has 17 heavy (non-hydrogen) atoms. The van der Waals surface area contributed by atoms with Crippen molar-refractivity contribution < 1.29 is 4.79 Å². The van der Waals surface area contributed by atoms with Crippen molar-refractivity contribution in [3.63, 3.8) is 0 Å². The number of aromatic nitrogens is 1. The third-order valence-corrected chi connectivity index (χ3v) is 3.36. The highest BCUT2D eigenvalue weighted by atomic mass is 16.1. The summed E-state index contributed by atoms with van der Waals surface area (Å²) in [5, 5.41) is 3.30. The van der Waals surface area contributed by atoms with Crippen molar-refractivity contribution in [2.45, 2.75) is 32.2 Å². The van der Waals surface area contributed by atoms with Crippen molar-refractivity contribution in [2.24, 2.45) is 11.7 Å². The van der Waals surface area contributed by atoms with E-state index < -0.39 is 5.91 Å². The van der Waals surface area contributed by atoms with Gasteiger partial charge in [0.05, 0.1) is 17.4 Å². The predicted octanol–water partition coefficient (Wildman–Crippen LogP) is 1.36. The topological polar surface area (TPSA) is 94.0 Å². The van der Waals surface area contributed by atoms with Gasteiger partial charge in [0.25, 0.3) is 5.91 Å². The van der Waals surface area contributed by atoms with Crippen LogP contribution in [0.1, 0.15) is 36.5 Å². The fourth-order valence-electron chi connectivity index (χ4n) is 2.32. The molecule has 1 aliphatic carbocycles. The normalized spacial score (nSPS) is 23.6. The zero-order valence-corrected chi connectivity index (χ0v) is 9.94. The number of amides is 1. The van der Waals surface area contributed by atoms with E-state index in [1.54, 1.807) is 6.07 Å². The molecule has 0 aromatic carbocycles. The van der Waals surface area contributed by atoms with Gasteiger partial charge in [-0.25, -0.2) is 4.98 Å². The van der Waals surface area contributed by atoms with Crippen LogP contribution in [0.25, 0.3) is 0 Å². The maximum Gasteiger partial charge on any atom is 0.252 e. The molecule has 2 rings (SSSR count). The van der Waals surface area contributed by atoms with Gasteiger partial charge in [0.2, 0.25) is 0 Å². The van der Waals surface area contributed by atoms with Gasteiger partial charge in [-0.15, -0.1) is 0 Å². The Morgan fingerprint density at radius 1 is 1.53 bits per heavy atom. The first-order valence-corrected chi connectivity index (χ1v) is 5.90. The molecule has 92 valence electrons. The molecule has 2 unspecified atom stereocenters. The molecule has 0 bridgehead atoms. The number of carbonyl (C=O) groups excluding carboxylic acids is 1. The van der Waals surface area contributed by atoms with Gasteiger partial charge in [0.15, 0.2) is 0 Å². The Hall–Kier alpha value is -1.78. The molecule has 0 aliphatic heterocycles. The molecule has 1 fully saturated rings. The standard InChI is InChI=1S/C12H18N4O/c1-7-3-2-4-10(7)16-12-9(11(14)17)5-8(13)6-15-12/h5-7,10H,2-4,13H2,1H3,(H2,14,17)(H,15,16). The molecule has 1 aliphatic rings. The Morgan fingerprint density at radius 3 is 2.88 bits per heavy atom. The van der Waals surface area contributed by atoms with Crippen LogP contribution in [-0.4, -0.2) is 16.9 Å². The Kier molecular flexibility index (Phi) is 3.17. The number of pyridine rings is 1. The lowest BCUT2D eigenvalue weighted by molar-refractivity contribution is 0.100. The summed E-state index contributed by atoms with van der Waals surface area (Å²) in [6.45, 7) is 2.20. The van der Waals surface area contributed by atoms with E-state index in [0.29, 0.717) is 29.0 Å². The van der Waals surface area contributed by atoms with E-state index in [1.807, 2.05) is 0 Å². The molecule has 1 amide bonds. The van der Waals surface area contributed by atoms with E-state index >= 15 is 0 Å². The third-order valence-electron chi connectivity index (χ3n) is 3.36. The van der Waals surface area contributed by atoms with E-state index in [-0.39, 0.29) is 0 Å². The van der Waals surface area contributed by atoms with E-state index in [1.165, 1.54) is 19.0 Å². The van der Waals surface area contributed by atoms with Gasteiger partial charge in [0.1, 0.15) is 5.82 Å². The average molecular weight is 234 g/mol. The molecule has 2 atom stereocenters. The number of nitrogens with two attached hydrogens (primary N) is 2. The van der Waals surface area contributed by atoms with Crippen molar-refractivity contribution in [2.75, 3.05) is 11.1 Å². The molecule has 1 aromatic rings. The minimum atomic E-state index is -0.502. The van der Waals surface area contributed by atoms with Crippen molar-refractivity contribution in [1.29, 1.82) is 0 Å². The van der Waals surface area contributed by atoms with Crippen LogP contribution in [0.2, 0.25) is 0 Å². The number of anilines is 2. The van der Waals surface area contributed by atoms with Gasteiger partial charge in [-0.05, 0) is 24.8 Å². The van der Waals surface area contributed by atoms with Crippen LogP contribution in [0, 0.1) is 5.92 Å². The molecule has 5 nitrogen and oxygen atoms in total. The highest BCUT2D eigenvalue weighted by Gasteiger charge is 2.24. The van der Waals surface area contributed by atoms with E-state index in [4.69, 9.17) is 11.5 Å². The second-order valence-corrected chi connectivity index (χ2v) is 4.69. The average Bonchev–Trinajstić information content (AvgIpc) is 2.67. The summed E-state index contributed by atoms with van der Waals surface area (Å²) in [5.41, 5.74) is 11.7. The first-order valence-electron chi connectivity index (χ1n) is 5.90. The molecule has 5 heteroatoms. The smallest absolute Gasteiger partial charge is 0.252 e. The number of nitrogen functional groups attached to an aromatic ring is 1. The van der Waals surface area contributed by atoms with Crippen LogP contribution in [-0.2, 0) is 0 Å². The first-order chi connectivity index (χ1) is 8.08. The fraction of sp³-hybridized carbons (Fsp3) is 0.500. The highest BCUT2D eigenvalue weighted by molar-refractivity contribution is 5.98. The van der Waals surface area contributed by atoms with E-state index in [2.05, 4.69) is 17.2 Å². The monoisotopic (exact) mass is 234 g/mol. The summed E-state index contributed by atoms with van der Waals surface area (Å²) in [7, 11) is 0.